The fourth-order valence-electron chi connectivity index (χ4n) is 0.453. The summed E-state index contributed by atoms with van der Waals surface area (Å²) in [5, 5.41) is 6.69. The molecule has 0 heterocycles. The van der Waals surface area contributed by atoms with Crippen LogP contribution in [0.2, 0.25) is 0 Å². The lowest BCUT2D eigenvalue weighted by Gasteiger charge is -2.10. The molecule has 0 aliphatic rings. The number of nitrogens with one attached hydrogen (secondary N) is 1. The van der Waals surface area contributed by atoms with E-state index in [4.69, 9.17) is 11.1 Å². The van der Waals surface area contributed by atoms with Crippen LogP contribution in [0.3, 0.4) is 0 Å². The molecular formula is C5H11FN2. The van der Waals surface area contributed by atoms with E-state index in [9.17, 15) is 4.39 Å². The van der Waals surface area contributed by atoms with Crippen molar-refractivity contribution in [1.82, 2.24) is 0 Å². The van der Waals surface area contributed by atoms with E-state index in [2.05, 4.69) is 0 Å². The predicted molar refractivity (Wildman–Crippen MR) is 31.7 cm³/mol. The van der Waals surface area contributed by atoms with E-state index in [1.165, 1.54) is 13.8 Å². The van der Waals surface area contributed by atoms with Gasteiger partial charge in [-0.25, -0.2) is 4.39 Å². The van der Waals surface area contributed by atoms with E-state index in [1.807, 2.05) is 0 Å². The Labute approximate surface area is 48.4 Å². The first-order valence-electron chi connectivity index (χ1n) is 2.43. The van der Waals surface area contributed by atoms with Crippen LogP contribution in [0, 0.1) is 5.41 Å². The maximum atomic E-state index is 12.4. The Kier molecular flexibility index (Phi) is 1.95. The molecule has 0 bridgehead atoms. The lowest BCUT2D eigenvalue weighted by atomic mass is 10.1. The highest BCUT2D eigenvalue weighted by atomic mass is 19.1. The number of nitrogens with two attached hydrogens (primary N) is 1. The highest BCUT2D eigenvalue weighted by Gasteiger charge is 2.15. The van der Waals surface area contributed by atoms with Crippen molar-refractivity contribution in [2.45, 2.75) is 25.9 Å². The largest absolute Gasteiger partial charge is 0.388 e. The summed E-state index contributed by atoms with van der Waals surface area (Å²) in [7, 11) is 0. The zero-order chi connectivity index (χ0) is 6.78. The molecule has 0 saturated carbocycles. The summed E-state index contributed by atoms with van der Waals surface area (Å²) < 4.78 is 12.4. The van der Waals surface area contributed by atoms with E-state index in [1.54, 1.807) is 0 Å². The third-order valence-corrected chi connectivity index (χ3v) is 0.611. The normalized spacial score (nSPS) is 11.4. The fraction of sp³-hybridized carbons (Fsp3) is 0.800. The summed E-state index contributed by atoms with van der Waals surface area (Å²) in [6.45, 7) is 2.79. The van der Waals surface area contributed by atoms with Crippen LogP contribution in [0.25, 0.3) is 0 Å². The standard InChI is InChI=1S/C5H11FN2/c1-5(2,6)3-4(7)8/h3H2,1-2H3,(H3,7,8). The summed E-state index contributed by atoms with van der Waals surface area (Å²) in [5.74, 6) is -0.0995. The summed E-state index contributed by atoms with van der Waals surface area (Å²) in [5.41, 5.74) is 3.59. The Morgan fingerprint density at radius 2 is 2.12 bits per heavy atom. The van der Waals surface area contributed by atoms with Gasteiger partial charge in [-0.2, -0.15) is 0 Å². The lowest BCUT2D eigenvalue weighted by molar-refractivity contribution is 0.227. The lowest BCUT2D eigenvalue weighted by Crippen LogP contribution is -2.22. The molecular weight excluding hydrogens is 107 g/mol. The molecule has 0 amide bonds. The molecule has 0 radical (unpaired) electrons. The summed E-state index contributed by atoms with van der Waals surface area (Å²) in [6.07, 6.45) is 0.0208. The molecule has 0 saturated heterocycles. The zero-order valence-corrected chi connectivity index (χ0v) is 5.16. The van der Waals surface area contributed by atoms with E-state index in [-0.39, 0.29) is 12.3 Å². The van der Waals surface area contributed by atoms with Crippen LogP contribution in [-0.4, -0.2) is 11.5 Å². The minimum atomic E-state index is -1.33. The first-order chi connectivity index (χ1) is 3.42. The Hall–Kier alpha value is -0.600. The molecule has 0 aromatic carbocycles. The van der Waals surface area contributed by atoms with Crippen LogP contribution >= 0.6 is 0 Å². The third-order valence-electron chi connectivity index (χ3n) is 0.611. The van der Waals surface area contributed by atoms with Crippen molar-refractivity contribution >= 4 is 5.84 Å². The van der Waals surface area contributed by atoms with Crippen molar-refractivity contribution in [3.05, 3.63) is 0 Å². The minimum Gasteiger partial charge on any atom is -0.388 e. The monoisotopic (exact) mass is 118 g/mol. The van der Waals surface area contributed by atoms with E-state index in [0.717, 1.165) is 0 Å². The van der Waals surface area contributed by atoms with Gasteiger partial charge in [-0.15, -0.1) is 0 Å². The fourth-order valence-corrected chi connectivity index (χ4v) is 0.453. The Morgan fingerprint density at radius 3 is 2.12 bits per heavy atom. The van der Waals surface area contributed by atoms with Gasteiger partial charge in [0, 0.05) is 6.42 Å². The van der Waals surface area contributed by atoms with Gasteiger partial charge in [-0.1, -0.05) is 0 Å². The van der Waals surface area contributed by atoms with Crippen molar-refractivity contribution in [1.29, 1.82) is 5.41 Å². The summed E-state index contributed by atoms with van der Waals surface area (Å²) in [4.78, 5) is 0. The highest BCUT2D eigenvalue weighted by molar-refractivity contribution is 5.77. The molecule has 0 spiro atoms. The van der Waals surface area contributed by atoms with Gasteiger partial charge in [0.15, 0.2) is 0 Å². The first kappa shape index (κ1) is 7.40. The second kappa shape index (κ2) is 2.11. The molecule has 0 atom stereocenters. The molecule has 0 aromatic rings. The van der Waals surface area contributed by atoms with Crippen molar-refractivity contribution in [3.63, 3.8) is 0 Å². The molecule has 3 heteroatoms. The van der Waals surface area contributed by atoms with Crippen molar-refractivity contribution < 1.29 is 4.39 Å². The molecule has 0 rings (SSSR count). The van der Waals surface area contributed by atoms with Gasteiger partial charge < -0.3 is 5.73 Å². The van der Waals surface area contributed by atoms with Gasteiger partial charge in [-0.3, -0.25) is 5.41 Å². The number of hydrogen-bond donors (Lipinski definition) is 2. The smallest absolute Gasteiger partial charge is 0.112 e. The Balaban J connectivity index is 3.55. The van der Waals surface area contributed by atoms with Crippen molar-refractivity contribution in [3.8, 4) is 0 Å². The average molecular weight is 118 g/mol. The second-order valence-electron chi connectivity index (χ2n) is 2.42. The SMILES string of the molecule is CC(C)(F)CC(=N)N. The zero-order valence-electron chi connectivity index (χ0n) is 5.16. The Morgan fingerprint density at radius 1 is 1.75 bits per heavy atom. The first-order valence-corrected chi connectivity index (χ1v) is 2.43. The van der Waals surface area contributed by atoms with Crippen LogP contribution in [0.15, 0.2) is 0 Å². The summed E-state index contributed by atoms with van der Waals surface area (Å²) >= 11 is 0. The molecule has 0 fully saturated rings. The van der Waals surface area contributed by atoms with Gasteiger partial charge in [0.25, 0.3) is 0 Å². The van der Waals surface area contributed by atoms with Gasteiger partial charge in [0.05, 0.1) is 5.84 Å². The van der Waals surface area contributed by atoms with E-state index in [0.29, 0.717) is 0 Å². The maximum Gasteiger partial charge on any atom is 0.112 e. The molecule has 2 nitrogen and oxygen atoms in total. The molecule has 0 aliphatic carbocycles. The average Bonchev–Trinajstić information content (AvgIpc) is 1.21. The molecule has 0 unspecified atom stereocenters. The van der Waals surface area contributed by atoms with Gasteiger partial charge in [-0.05, 0) is 13.8 Å². The van der Waals surface area contributed by atoms with Crippen LogP contribution in [0.1, 0.15) is 20.3 Å². The maximum absolute atomic E-state index is 12.4. The minimum absolute atomic E-state index is 0.0208. The molecule has 3 N–H and O–H groups in total. The van der Waals surface area contributed by atoms with Gasteiger partial charge >= 0.3 is 0 Å². The molecule has 8 heavy (non-hydrogen) atoms. The van der Waals surface area contributed by atoms with Crippen LogP contribution in [-0.2, 0) is 0 Å². The molecule has 48 valence electrons. The van der Waals surface area contributed by atoms with E-state index >= 15 is 0 Å². The third kappa shape index (κ3) is 5.40. The number of amidine groups is 1. The van der Waals surface area contributed by atoms with Gasteiger partial charge in [0.2, 0.25) is 0 Å². The number of rotatable bonds is 2. The number of hydrogen-bond acceptors (Lipinski definition) is 1. The topological polar surface area (TPSA) is 49.9 Å². The Bertz CT molecular complexity index is 93.1. The quantitative estimate of drug-likeness (QED) is 0.413. The highest BCUT2D eigenvalue weighted by Crippen LogP contribution is 2.11. The van der Waals surface area contributed by atoms with Crippen molar-refractivity contribution in [2.75, 3.05) is 0 Å². The molecule has 0 aromatic heterocycles. The number of alkyl halides is 1. The van der Waals surface area contributed by atoms with Crippen LogP contribution < -0.4 is 5.73 Å². The van der Waals surface area contributed by atoms with Gasteiger partial charge in [0.1, 0.15) is 5.67 Å². The van der Waals surface area contributed by atoms with E-state index < -0.39 is 5.67 Å². The van der Waals surface area contributed by atoms with Crippen LogP contribution in [0.5, 0.6) is 0 Å². The number of halogens is 1. The summed E-state index contributed by atoms with van der Waals surface area (Å²) in [6, 6.07) is 0. The molecule has 0 aliphatic heterocycles. The predicted octanol–water partition coefficient (Wildman–Crippen LogP) is 1.06. The second-order valence-corrected chi connectivity index (χ2v) is 2.42. The van der Waals surface area contributed by atoms with Crippen LogP contribution in [0.4, 0.5) is 4.39 Å². The van der Waals surface area contributed by atoms with Crippen molar-refractivity contribution in [2.24, 2.45) is 5.73 Å².